The molecule has 1 amide bonds. The van der Waals surface area contributed by atoms with Crippen molar-refractivity contribution < 1.29 is 17.6 Å². The zero-order chi connectivity index (χ0) is 20.1. The molecule has 0 radical (unpaired) electrons. The van der Waals surface area contributed by atoms with Gasteiger partial charge in [-0.1, -0.05) is 31.2 Å². The molecular weight excluding hydrogens is 379 g/mol. The van der Waals surface area contributed by atoms with Crippen molar-refractivity contribution in [3.05, 3.63) is 65.5 Å². The van der Waals surface area contributed by atoms with E-state index in [4.69, 9.17) is 0 Å². The van der Waals surface area contributed by atoms with E-state index in [1.165, 1.54) is 22.0 Å². The van der Waals surface area contributed by atoms with Gasteiger partial charge in [0, 0.05) is 32.6 Å². The molecule has 150 valence electrons. The summed E-state index contributed by atoms with van der Waals surface area (Å²) in [4.78, 5) is 14.3. The average molecular weight is 405 g/mol. The third-order valence-electron chi connectivity index (χ3n) is 5.10. The van der Waals surface area contributed by atoms with Crippen LogP contribution in [-0.2, 0) is 27.7 Å². The molecule has 0 unspecified atom stereocenters. The van der Waals surface area contributed by atoms with Gasteiger partial charge in [0.25, 0.3) is 0 Å². The summed E-state index contributed by atoms with van der Waals surface area (Å²) < 4.78 is 39.7. The summed E-state index contributed by atoms with van der Waals surface area (Å²) >= 11 is 0. The van der Waals surface area contributed by atoms with Gasteiger partial charge in [-0.3, -0.25) is 4.79 Å². The number of nitrogens with zero attached hydrogens (tertiary/aromatic N) is 2. The fourth-order valence-electron chi connectivity index (χ4n) is 3.28. The summed E-state index contributed by atoms with van der Waals surface area (Å²) in [7, 11) is -3.66. The highest BCUT2D eigenvalue weighted by molar-refractivity contribution is 7.89. The lowest BCUT2D eigenvalue weighted by molar-refractivity contribution is -0.132. The molecule has 3 rings (SSSR count). The van der Waals surface area contributed by atoms with Crippen LogP contribution in [0.5, 0.6) is 0 Å². The highest BCUT2D eigenvalue weighted by atomic mass is 32.2. The molecule has 0 aliphatic carbocycles. The van der Waals surface area contributed by atoms with Gasteiger partial charge in [0.1, 0.15) is 5.82 Å². The van der Waals surface area contributed by atoms with Crippen LogP contribution in [-0.4, -0.2) is 49.7 Å². The monoisotopic (exact) mass is 404 g/mol. The van der Waals surface area contributed by atoms with Gasteiger partial charge in [-0.2, -0.15) is 4.31 Å². The Kier molecular flexibility index (Phi) is 6.46. The number of benzene rings is 2. The molecule has 0 atom stereocenters. The Morgan fingerprint density at radius 2 is 1.50 bits per heavy atom. The number of carbonyl (C=O) groups is 1. The Labute approximate surface area is 165 Å². The van der Waals surface area contributed by atoms with Crippen LogP contribution in [0.3, 0.4) is 0 Å². The third-order valence-corrected chi connectivity index (χ3v) is 7.01. The van der Waals surface area contributed by atoms with Crippen molar-refractivity contribution >= 4 is 15.9 Å². The number of aryl methyl sites for hydroxylation is 2. The van der Waals surface area contributed by atoms with Crippen molar-refractivity contribution in [1.82, 2.24) is 9.21 Å². The standard InChI is InChI=1S/C21H25FN2O3S/c1-2-17-3-5-18(6-4-17)7-12-21(25)23-13-15-24(16-14-23)28(26,27)20-10-8-19(22)9-11-20/h3-6,8-11H,2,7,12-16H2,1H3. The zero-order valence-corrected chi connectivity index (χ0v) is 16.8. The molecule has 1 heterocycles. The molecule has 0 spiro atoms. The highest BCUT2D eigenvalue weighted by Gasteiger charge is 2.29. The van der Waals surface area contributed by atoms with Crippen molar-refractivity contribution in [3.8, 4) is 0 Å². The largest absolute Gasteiger partial charge is 0.340 e. The number of hydrogen-bond acceptors (Lipinski definition) is 3. The molecule has 7 heteroatoms. The first-order chi connectivity index (χ1) is 13.4. The quantitative estimate of drug-likeness (QED) is 0.744. The van der Waals surface area contributed by atoms with Crippen molar-refractivity contribution in [3.63, 3.8) is 0 Å². The minimum Gasteiger partial charge on any atom is -0.340 e. The molecule has 2 aromatic carbocycles. The molecule has 1 fully saturated rings. The smallest absolute Gasteiger partial charge is 0.243 e. The summed E-state index contributed by atoms with van der Waals surface area (Å²) in [5.41, 5.74) is 2.40. The van der Waals surface area contributed by atoms with Crippen molar-refractivity contribution in [2.75, 3.05) is 26.2 Å². The van der Waals surface area contributed by atoms with E-state index in [9.17, 15) is 17.6 Å². The average Bonchev–Trinajstić information content (AvgIpc) is 2.73. The van der Waals surface area contributed by atoms with Gasteiger partial charge in [-0.25, -0.2) is 12.8 Å². The topological polar surface area (TPSA) is 57.7 Å². The summed E-state index contributed by atoms with van der Waals surface area (Å²) in [6.07, 6.45) is 2.08. The normalized spacial score (nSPS) is 15.6. The van der Waals surface area contributed by atoms with E-state index < -0.39 is 15.8 Å². The van der Waals surface area contributed by atoms with Gasteiger partial charge in [0.05, 0.1) is 4.90 Å². The van der Waals surface area contributed by atoms with E-state index in [1.807, 2.05) is 0 Å². The Morgan fingerprint density at radius 1 is 0.929 bits per heavy atom. The van der Waals surface area contributed by atoms with Crippen molar-refractivity contribution in [2.45, 2.75) is 31.1 Å². The van der Waals surface area contributed by atoms with E-state index in [1.54, 1.807) is 4.90 Å². The summed E-state index contributed by atoms with van der Waals surface area (Å²) in [5.74, 6) is -0.433. The van der Waals surface area contributed by atoms with Gasteiger partial charge < -0.3 is 4.90 Å². The number of hydrogen-bond donors (Lipinski definition) is 0. The molecule has 1 saturated heterocycles. The van der Waals surface area contributed by atoms with E-state index in [0.717, 1.165) is 24.1 Å². The van der Waals surface area contributed by atoms with Crippen LogP contribution in [0.15, 0.2) is 53.4 Å². The summed E-state index contributed by atoms with van der Waals surface area (Å²) in [6, 6.07) is 13.1. The van der Waals surface area contributed by atoms with E-state index in [0.29, 0.717) is 25.9 Å². The molecule has 1 aliphatic rings. The second-order valence-corrected chi connectivity index (χ2v) is 8.85. The van der Waals surface area contributed by atoms with Crippen LogP contribution in [0.25, 0.3) is 0 Å². The highest BCUT2D eigenvalue weighted by Crippen LogP contribution is 2.18. The van der Waals surface area contributed by atoms with Gasteiger partial charge in [0.15, 0.2) is 0 Å². The Morgan fingerprint density at radius 3 is 2.07 bits per heavy atom. The lowest BCUT2D eigenvalue weighted by Crippen LogP contribution is -2.50. The Balaban J connectivity index is 1.52. The first-order valence-corrected chi connectivity index (χ1v) is 11.0. The summed E-state index contributed by atoms with van der Waals surface area (Å²) in [5, 5.41) is 0. The van der Waals surface area contributed by atoms with Gasteiger partial charge in [-0.05, 0) is 48.2 Å². The maximum atomic E-state index is 13.0. The minimum absolute atomic E-state index is 0.0402. The molecule has 1 aliphatic heterocycles. The minimum atomic E-state index is -3.66. The van der Waals surface area contributed by atoms with Gasteiger partial charge >= 0.3 is 0 Å². The molecule has 0 saturated carbocycles. The molecular formula is C21H25FN2O3S. The molecule has 28 heavy (non-hydrogen) atoms. The maximum absolute atomic E-state index is 13.0. The van der Waals surface area contributed by atoms with Crippen LogP contribution in [0.2, 0.25) is 0 Å². The summed E-state index contributed by atoms with van der Waals surface area (Å²) in [6.45, 7) is 3.34. The van der Waals surface area contributed by atoms with Crippen molar-refractivity contribution in [1.29, 1.82) is 0 Å². The molecule has 0 aromatic heterocycles. The van der Waals surface area contributed by atoms with Crippen LogP contribution in [0.4, 0.5) is 4.39 Å². The van der Waals surface area contributed by atoms with Crippen molar-refractivity contribution in [2.24, 2.45) is 0 Å². The Bertz CT molecular complexity index is 904. The van der Waals surface area contributed by atoms with Gasteiger partial charge in [0.2, 0.25) is 15.9 Å². The predicted octanol–water partition coefficient (Wildman–Crippen LogP) is 2.85. The maximum Gasteiger partial charge on any atom is 0.243 e. The zero-order valence-electron chi connectivity index (χ0n) is 16.0. The molecule has 0 bridgehead atoms. The number of piperazine rings is 1. The molecule has 2 aromatic rings. The van der Waals surface area contributed by atoms with Gasteiger partial charge in [-0.15, -0.1) is 0 Å². The van der Waals surface area contributed by atoms with E-state index in [-0.39, 0.29) is 23.9 Å². The lowest BCUT2D eigenvalue weighted by atomic mass is 10.1. The van der Waals surface area contributed by atoms with Crippen LogP contribution < -0.4 is 0 Å². The lowest BCUT2D eigenvalue weighted by Gasteiger charge is -2.34. The number of rotatable bonds is 6. The van der Waals surface area contributed by atoms with Crippen LogP contribution >= 0.6 is 0 Å². The SMILES string of the molecule is CCc1ccc(CCC(=O)N2CCN(S(=O)(=O)c3ccc(F)cc3)CC2)cc1. The first-order valence-electron chi connectivity index (χ1n) is 9.51. The third kappa shape index (κ3) is 4.77. The van der Waals surface area contributed by atoms with E-state index in [2.05, 4.69) is 31.2 Å². The van der Waals surface area contributed by atoms with E-state index >= 15 is 0 Å². The number of halogens is 1. The first kappa shape index (κ1) is 20.5. The van der Waals surface area contributed by atoms with Crippen LogP contribution in [0, 0.1) is 5.82 Å². The fourth-order valence-corrected chi connectivity index (χ4v) is 4.71. The fraction of sp³-hybridized carbons (Fsp3) is 0.381. The number of sulfonamides is 1. The van der Waals surface area contributed by atoms with Crippen LogP contribution in [0.1, 0.15) is 24.5 Å². The second kappa shape index (κ2) is 8.84. The number of amides is 1. The Hall–Kier alpha value is -2.25. The predicted molar refractivity (Wildman–Crippen MR) is 106 cm³/mol. The molecule has 0 N–H and O–H groups in total. The molecule has 5 nitrogen and oxygen atoms in total. The number of carbonyl (C=O) groups excluding carboxylic acids is 1. The second-order valence-electron chi connectivity index (χ2n) is 6.91.